The molecule has 0 saturated carbocycles. The number of nitrogens with zero attached hydrogens (tertiary/aromatic N) is 6. The summed E-state index contributed by atoms with van der Waals surface area (Å²) >= 11 is 6.09. The third kappa shape index (κ3) is 4.12. The second-order valence-electron chi connectivity index (χ2n) is 8.97. The highest BCUT2D eigenvalue weighted by Crippen LogP contribution is 2.33. The number of aromatic amines is 1. The van der Waals surface area contributed by atoms with E-state index < -0.39 is 0 Å². The number of rotatable bonds is 4. The number of hydrogen-bond donors (Lipinski definition) is 1. The molecule has 3 aliphatic rings. The van der Waals surface area contributed by atoms with Crippen molar-refractivity contribution >= 4 is 34.5 Å². The fourth-order valence-corrected chi connectivity index (χ4v) is 5.20. The largest absolute Gasteiger partial charge is 0.454 e. The van der Waals surface area contributed by atoms with Crippen molar-refractivity contribution in [1.29, 1.82) is 0 Å². The Labute approximate surface area is 201 Å². The number of piperidine rings is 1. The molecule has 0 atom stereocenters. The highest BCUT2D eigenvalue weighted by molar-refractivity contribution is 6.28. The molecule has 3 aromatic rings. The predicted molar refractivity (Wildman–Crippen MR) is 126 cm³/mol. The molecule has 6 rings (SSSR count). The van der Waals surface area contributed by atoms with Crippen LogP contribution in [0.25, 0.3) is 11.2 Å². The van der Waals surface area contributed by atoms with Crippen molar-refractivity contribution in [2.75, 3.05) is 51.0 Å². The van der Waals surface area contributed by atoms with Gasteiger partial charge in [0.25, 0.3) is 0 Å². The zero-order chi connectivity index (χ0) is 23.1. The topological polar surface area (TPSA) is 99.7 Å². The van der Waals surface area contributed by atoms with Gasteiger partial charge in [-0.05, 0) is 42.1 Å². The van der Waals surface area contributed by atoms with Crippen molar-refractivity contribution < 1.29 is 14.3 Å². The van der Waals surface area contributed by atoms with Gasteiger partial charge in [0, 0.05) is 51.7 Å². The number of ether oxygens (including phenoxy) is 2. The molecule has 1 N–H and O–H groups in total. The molecule has 178 valence electrons. The minimum atomic E-state index is 0.0474. The Bertz CT molecular complexity index is 1200. The standard InChI is InChI=1S/C23H26ClN7O3/c24-23-27-20-19(25-13-26-20)21(28-23)30-5-3-16(4-6-30)22(32)31-9-7-29(8-10-31)12-15-1-2-17-18(11-15)34-14-33-17/h1-2,11,13,16H,3-10,12,14H2,(H,25,26,27,28). The Morgan fingerprint density at radius 3 is 2.68 bits per heavy atom. The van der Waals surface area contributed by atoms with Gasteiger partial charge in [-0.15, -0.1) is 0 Å². The molecule has 34 heavy (non-hydrogen) atoms. The lowest BCUT2D eigenvalue weighted by atomic mass is 9.95. The molecule has 5 heterocycles. The average molecular weight is 484 g/mol. The Kier molecular flexibility index (Phi) is 5.62. The lowest BCUT2D eigenvalue weighted by Crippen LogP contribution is -2.51. The van der Waals surface area contributed by atoms with E-state index in [4.69, 9.17) is 21.1 Å². The summed E-state index contributed by atoms with van der Waals surface area (Å²) in [4.78, 5) is 35.7. The first kappa shape index (κ1) is 21.4. The van der Waals surface area contributed by atoms with Gasteiger partial charge in [0.2, 0.25) is 18.0 Å². The lowest BCUT2D eigenvalue weighted by molar-refractivity contribution is -0.138. The number of piperazine rings is 1. The number of halogens is 1. The van der Waals surface area contributed by atoms with Gasteiger partial charge in [0.05, 0.1) is 6.33 Å². The Balaban J connectivity index is 1.02. The number of benzene rings is 1. The van der Waals surface area contributed by atoms with E-state index in [0.29, 0.717) is 12.4 Å². The van der Waals surface area contributed by atoms with E-state index >= 15 is 0 Å². The van der Waals surface area contributed by atoms with E-state index in [1.807, 2.05) is 11.0 Å². The van der Waals surface area contributed by atoms with E-state index in [2.05, 4.69) is 41.9 Å². The maximum atomic E-state index is 13.2. The van der Waals surface area contributed by atoms with Gasteiger partial charge in [0.15, 0.2) is 23.0 Å². The van der Waals surface area contributed by atoms with Gasteiger partial charge in [0.1, 0.15) is 5.52 Å². The molecular weight excluding hydrogens is 458 g/mol. The molecular formula is C23H26ClN7O3. The number of fused-ring (bicyclic) bond motifs is 2. The second-order valence-corrected chi connectivity index (χ2v) is 9.31. The van der Waals surface area contributed by atoms with Crippen molar-refractivity contribution in [1.82, 2.24) is 29.7 Å². The maximum Gasteiger partial charge on any atom is 0.231 e. The number of hydrogen-bond acceptors (Lipinski definition) is 8. The number of carbonyl (C=O) groups is 1. The highest BCUT2D eigenvalue weighted by atomic mass is 35.5. The van der Waals surface area contributed by atoms with Crippen LogP contribution in [0.2, 0.25) is 5.28 Å². The van der Waals surface area contributed by atoms with Gasteiger partial charge in [-0.1, -0.05) is 6.07 Å². The van der Waals surface area contributed by atoms with Crippen LogP contribution >= 0.6 is 11.6 Å². The summed E-state index contributed by atoms with van der Waals surface area (Å²) in [6, 6.07) is 6.10. The number of H-pyrrole nitrogens is 1. The van der Waals surface area contributed by atoms with E-state index in [0.717, 1.165) is 81.5 Å². The predicted octanol–water partition coefficient (Wildman–Crippen LogP) is 2.30. The molecule has 11 heteroatoms. The molecule has 2 saturated heterocycles. The number of amides is 1. The van der Waals surface area contributed by atoms with Gasteiger partial charge in [-0.3, -0.25) is 9.69 Å². The number of aromatic nitrogens is 4. The maximum absolute atomic E-state index is 13.2. The first-order valence-electron chi connectivity index (χ1n) is 11.7. The Morgan fingerprint density at radius 2 is 1.85 bits per heavy atom. The van der Waals surface area contributed by atoms with Crippen molar-refractivity contribution in [3.63, 3.8) is 0 Å². The second kappa shape index (κ2) is 8.92. The minimum Gasteiger partial charge on any atom is -0.454 e. The molecule has 2 fully saturated rings. The van der Waals surface area contributed by atoms with E-state index in [1.165, 1.54) is 5.56 Å². The molecule has 0 radical (unpaired) electrons. The smallest absolute Gasteiger partial charge is 0.231 e. The van der Waals surface area contributed by atoms with Crippen LogP contribution in [0.15, 0.2) is 24.5 Å². The Hall–Kier alpha value is -3.11. The quantitative estimate of drug-likeness (QED) is 0.564. The monoisotopic (exact) mass is 483 g/mol. The van der Waals surface area contributed by atoms with Crippen LogP contribution in [-0.2, 0) is 11.3 Å². The number of imidazole rings is 1. The van der Waals surface area contributed by atoms with Crippen LogP contribution in [-0.4, -0.2) is 81.7 Å². The van der Waals surface area contributed by atoms with Gasteiger partial charge in [-0.2, -0.15) is 9.97 Å². The molecule has 1 amide bonds. The van der Waals surface area contributed by atoms with Crippen LogP contribution in [0.1, 0.15) is 18.4 Å². The lowest BCUT2D eigenvalue weighted by Gasteiger charge is -2.38. The van der Waals surface area contributed by atoms with Crippen molar-refractivity contribution in [2.24, 2.45) is 5.92 Å². The minimum absolute atomic E-state index is 0.0474. The molecule has 3 aliphatic heterocycles. The van der Waals surface area contributed by atoms with Crippen LogP contribution < -0.4 is 14.4 Å². The number of anilines is 1. The first-order chi connectivity index (χ1) is 16.6. The van der Waals surface area contributed by atoms with Crippen LogP contribution in [0, 0.1) is 5.92 Å². The molecule has 1 aromatic carbocycles. The molecule has 2 aromatic heterocycles. The third-order valence-corrected chi connectivity index (χ3v) is 7.08. The van der Waals surface area contributed by atoms with E-state index in [9.17, 15) is 4.79 Å². The summed E-state index contributed by atoms with van der Waals surface area (Å²) in [5.41, 5.74) is 2.55. The van der Waals surface area contributed by atoms with Gasteiger partial charge >= 0.3 is 0 Å². The fraction of sp³-hybridized carbons (Fsp3) is 0.478. The number of nitrogens with one attached hydrogen (secondary N) is 1. The zero-order valence-electron chi connectivity index (χ0n) is 18.7. The average Bonchev–Trinajstić information content (AvgIpc) is 3.53. The fourth-order valence-electron chi connectivity index (χ4n) is 5.04. The summed E-state index contributed by atoms with van der Waals surface area (Å²) in [6.07, 6.45) is 3.20. The summed E-state index contributed by atoms with van der Waals surface area (Å²) < 4.78 is 10.9. The SMILES string of the molecule is O=C(C1CCN(c2nc(Cl)nc3nc[nH]c23)CC1)N1CCN(Cc2ccc3c(c2)OCO3)CC1. The van der Waals surface area contributed by atoms with Crippen molar-refractivity contribution in [3.8, 4) is 11.5 Å². The van der Waals surface area contributed by atoms with Crippen molar-refractivity contribution in [2.45, 2.75) is 19.4 Å². The van der Waals surface area contributed by atoms with Gasteiger partial charge < -0.3 is 24.3 Å². The summed E-state index contributed by atoms with van der Waals surface area (Å²) in [6.45, 7) is 5.91. The van der Waals surface area contributed by atoms with Crippen molar-refractivity contribution in [3.05, 3.63) is 35.4 Å². The molecule has 0 aliphatic carbocycles. The molecule has 0 spiro atoms. The summed E-state index contributed by atoms with van der Waals surface area (Å²) in [5.74, 6) is 2.70. The zero-order valence-corrected chi connectivity index (χ0v) is 19.5. The van der Waals surface area contributed by atoms with Crippen LogP contribution in [0.4, 0.5) is 5.82 Å². The van der Waals surface area contributed by atoms with E-state index in [1.54, 1.807) is 6.33 Å². The molecule has 0 bridgehead atoms. The van der Waals surface area contributed by atoms with Gasteiger partial charge in [-0.25, -0.2) is 4.98 Å². The third-order valence-electron chi connectivity index (χ3n) is 6.91. The first-order valence-corrected chi connectivity index (χ1v) is 12.0. The Morgan fingerprint density at radius 1 is 1.06 bits per heavy atom. The van der Waals surface area contributed by atoms with Crippen LogP contribution in [0.3, 0.4) is 0 Å². The molecule has 10 nitrogen and oxygen atoms in total. The highest BCUT2D eigenvalue weighted by Gasteiger charge is 2.31. The van der Waals surface area contributed by atoms with Crippen LogP contribution in [0.5, 0.6) is 11.5 Å². The normalized spacial score (nSPS) is 19.2. The van der Waals surface area contributed by atoms with E-state index in [-0.39, 0.29) is 17.1 Å². The summed E-state index contributed by atoms with van der Waals surface area (Å²) in [7, 11) is 0. The summed E-state index contributed by atoms with van der Waals surface area (Å²) in [5, 5.41) is 0.186. The molecule has 0 unspecified atom stereocenters. The number of carbonyl (C=O) groups excluding carboxylic acids is 1.